The average Bonchev–Trinajstić information content (AvgIpc) is 3.01. The Labute approximate surface area is 198 Å². The summed E-state index contributed by atoms with van der Waals surface area (Å²) in [7, 11) is -5.59. The monoisotopic (exact) mass is 485 g/mol. The Balaban J connectivity index is 1.76. The predicted molar refractivity (Wildman–Crippen MR) is 141 cm³/mol. The Kier molecular flexibility index (Phi) is 7.46. The fraction of sp³-hybridized carbons (Fsp3) is 0.520. The van der Waals surface area contributed by atoms with Gasteiger partial charge in [0.05, 0.1) is 5.56 Å². The average molecular weight is 486 g/mol. The summed E-state index contributed by atoms with van der Waals surface area (Å²) in [6.45, 7) is 21.3. The SMILES string of the molecule is Cc1cc(CC(C)C[Si](C)(O[Si](C)(C)C)O[Si](C)(C)C)cc([N+]2=Nc3ccccc3C2)c1. The lowest BCUT2D eigenvalue weighted by atomic mass is 10.0. The molecule has 0 amide bonds. The van der Waals surface area contributed by atoms with Crippen molar-refractivity contribution in [3.63, 3.8) is 0 Å². The number of rotatable bonds is 9. The van der Waals surface area contributed by atoms with E-state index in [1.807, 2.05) is 0 Å². The van der Waals surface area contributed by atoms with Crippen LogP contribution in [0.2, 0.25) is 51.9 Å². The molecule has 0 spiro atoms. The summed E-state index contributed by atoms with van der Waals surface area (Å²) in [6, 6.07) is 16.3. The lowest BCUT2D eigenvalue weighted by Crippen LogP contribution is -2.53. The van der Waals surface area contributed by atoms with Crippen molar-refractivity contribution in [1.82, 2.24) is 0 Å². The zero-order valence-corrected chi connectivity index (χ0v) is 24.5. The maximum atomic E-state index is 6.74. The number of fused-ring (bicyclic) bond motifs is 1. The highest BCUT2D eigenvalue weighted by molar-refractivity contribution is 6.87. The van der Waals surface area contributed by atoms with E-state index >= 15 is 0 Å². The zero-order chi connectivity index (χ0) is 23.7. The van der Waals surface area contributed by atoms with Crippen molar-refractivity contribution >= 4 is 36.6 Å². The van der Waals surface area contributed by atoms with Crippen molar-refractivity contribution in [2.45, 2.75) is 78.7 Å². The molecule has 1 aliphatic rings. The van der Waals surface area contributed by atoms with E-state index in [-0.39, 0.29) is 0 Å². The van der Waals surface area contributed by atoms with Gasteiger partial charge in [-0.1, -0.05) is 35.9 Å². The van der Waals surface area contributed by atoms with Crippen molar-refractivity contribution in [3.8, 4) is 0 Å². The van der Waals surface area contributed by atoms with E-state index in [2.05, 4.69) is 107 Å². The van der Waals surface area contributed by atoms with Gasteiger partial charge in [0.25, 0.3) is 0 Å². The van der Waals surface area contributed by atoms with E-state index in [9.17, 15) is 0 Å². The van der Waals surface area contributed by atoms with E-state index in [0.717, 1.165) is 24.7 Å². The zero-order valence-electron chi connectivity index (χ0n) is 21.5. The molecule has 0 bridgehead atoms. The van der Waals surface area contributed by atoms with Crippen LogP contribution in [0.3, 0.4) is 0 Å². The standard InChI is InChI=1S/C25H41N2O2Si3/c1-20-14-22(17-24(16-20)27-18-23-12-10-11-13-25(23)26-27)15-21(2)19-32(9,28-30(3,4)5)29-31(6,7)8/h10-14,16-17,21H,15,18-19H2,1-9H3/q+1. The summed E-state index contributed by atoms with van der Waals surface area (Å²) < 4.78 is 15.6. The van der Waals surface area contributed by atoms with Gasteiger partial charge in [0.15, 0.2) is 16.6 Å². The maximum absolute atomic E-state index is 6.74. The minimum absolute atomic E-state index is 0.502. The Hall–Kier alpha value is -1.39. The normalized spacial score (nSPS) is 15.5. The number of azo groups is 2. The fourth-order valence-corrected chi connectivity index (χ4v) is 17.8. The van der Waals surface area contributed by atoms with Crippen LogP contribution >= 0.6 is 0 Å². The molecule has 7 heteroatoms. The molecule has 2 aromatic carbocycles. The second-order valence-electron chi connectivity index (χ2n) is 11.5. The first kappa shape index (κ1) is 25.2. The van der Waals surface area contributed by atoms with Gasteiger partial charge in [-0.3, -0.25) is 0 Å². The molecular formula is C25H41N2O2Si3+. The van der Waals surface area contributed by atoms with Crippen LogP contribution in [-0.2, 0) is 21.2 Å². The van der Waals surface area contributed by atoms with Crippen molar-refractivity contribution in [3.05, 3.63) is 59.2 Å². The number of benzene rings is 2. The largest absolute Gasteiger partial charge is 0.437 e. The molecule has 174 valence electrons. The van der Waals surface area contributed by atoms with Crippen LogP contribution in [-0.4, -0.2) is 29.9 Å². The van der Waals surface area contributed by atoms with E-state index in [1.54, 1.807) is 0 Å². The molecule has 0 fully saturated rings. The first-order valence-corrected chi connectivity index (χ1v) is 21.1. The Morgan fingerprint density at radius 3 is 2.16 bits per heavy atom. The van der Waals surface area contributed by atoms with E-state index in [0.29, 0.717) is 5.92 Å². The first-order valence-electron chi connectivity index (χ1n) is 11.8. The molecule has 0 aliphatic carbocycles. The molecule has 0 aromatic heterocycles. The molecule has 0 N–H and O–H groups in total. The third-order valence-electron chi connectivity index (χ3n) is 5.31. The van der Waals surface area contributed by atoms with Gasteiger partial charge in [-0.15, -0.1) is 0 Å². The fourth-order valence-electron chi connectivity index (χ4n) is 4.83. The molecule has 4 nitrogen and oxygen atoms in total. The lowest BCUT2D eigenvalue weighted by Gasteiger charge is -2.39. The van der Waals surface area contributed by atoms with Crippen molar-refractivity contribution in [1.29, 1.82) is 0 Å². The minimum Gasteiger partial charge on any atom is -0.437 e. The highest BCUT2D eigenvalue weighted by Crippen LogP contribution is 2.33. The summed E-state index contributed by atoms with van der Waals surface area (Å²) in [5.74, 6) is 0.502. The molecule has 3 rings (SSSR count). The van der Waals surface area contributed by atoms with Gasteiger partial charge >= 0.3 is 8.56 Å². The quantitative estimate of drug-likeness (QED) is 0.267. The Morgan fingerprint density at radius 1 is 0.938 bits per heavy atom. The topological polar surface area (TPSA) is 33.8 Å². The summed E-state index contributed by atoms with van der Waals surface area (Å²) in [4.78, 5) is 0. The van der Waals surface area contributed by atoms with Crippen LogP contribution in [0.5, 0.6) is 0 Å². The molecule has 1 atom stereocenters. The third kappa shape index (κ3) is 7.31. The van der Waals surface area contributed by atoms with E-state index < -0.39 is 25.2 Å². The summed E-state index contributed by atoms with van der Waals surface area (Å²) in [6.07, 6.45) is 1.03. The highest BCUT2D eigenvalue weighted by atomic mass is 28.5. The lowest BCUT2D eigenvalue weighted by molar-refractivity contribution is -0.517. The number of aryl methyl sites for hydroxylation is 1. The molecule has 2 aromatic rings. The van der Waals surface area contributed by atoms with Crippen molar-refractivity contribution in [2.75, 3.05) is 0 Å². The molecule has 32 heavy (non-hydrogen) atoms. The van der Waals surface area contributed by atoms with Crippen LogP contribution in [0.4, 0.5) is 11.4 Å². The third-order valence-corrected chi connectivity index (χ3v) is 15.1. The van der Waals surface area contributed by atoms with Gasteiger partial charge in [0.2, 0.25) is 12.2 Å². The van der Waals surface area contributed by atoms with Crippen LogP contribution in [0.15, 0.2) is 47.6 Å². The number of nitrogens with zero attached hydrogens (tertiary/aromatic N) is 2. The van der Waals surface area contributed by atoms with Gasteiger partial charge in [-0.25, -0.2) is 0 Å². The summed E-state index contributed by atoms with van der Waals surface area (Å²) >= 11 is 0. The molecule has 0 saturated carbocycles. The molecule has 1 heterocycles. The van der Waals surface area contributed by atoms with Gasteiger partial charge in [0, 0.05) is 17.2 Å². The van der Waals surface area contributed by atoms with Crippen molar-refractivity contribution < 1.29 is 12.9 Å². The Bertz CT molecular complexity index is 977. The maximum Gasteiger partial charge on any atom is 0.314 e. The second kappa shape index (κ2) is 9.46. The molecule has 1 aliphatic heterocycles. The summed E-state index contributed by atoms with van der Waals surface area (Å²) in [5, 5.41) is 4.83. The van der Waals surface area contributed by atoms with Gasteiger partial charge < -0.3 is 8.23 Å². The number of hydrogen-bond acceptors (Lipinski definition) is 3. The second-order valence-corrected chi connectivity index (χ2v) is 24.3. The smallest absolute Gasteiger partial charge is 0.314 e. The highest BCUT2D eigenvalue weighted by Gasteiger charge is 2.41. The van der Waals surface area contributed by atoms with Crippen LogP contribution in [0, 0.1) is 12.8 Å². The Morgan fingerprint density at radius 2 is 1.56 bits per heavy atom. The molecular weight excluding hydrogens is 445 g/mol. The van der Waals surface area contributed by atoms with E-state index in [4.69, 9.17) is 13.3 Å². The molecule has 1 unspecified atom stereocenters. The van der Waals surface area contributed by atoms with E-state index in [1.165, 1.54) is 22.4 Å². The molecule has 0 saturated heterocycles. The predicted octanol–water partition coefficient (Wildman–Crippen LogP) is 7.89. The first-order chi connectivity index (χ1) is 14.7. The van der Waals surface area contributed by atoms with Gasteiger partial charge in [-0.2, -0.15) is 0 Å². The van der Waals surface area contributed by atoms with Crippen LogP contribution < -0.4 is 0 Å². The van der Waals surface area contributed by atoms with Crippen LogP contribution in [0.1, 0.15) is 23.6 Å². The van der Waals surface area contributed by atoms with Crippen LogP contribution in [0.25, 0.3) is 0 Å². The summed E-state index contributed by atoms with van der Waals surface area (Å²) in [5.41, 5.74) is 6.21. The van der Waals surface area contributed by atoms with Gasteiger partial charge in [-0.05, 0) is 88.3 Å². The minimum atomic E-state index is -2.24. The van der Waals surface area contributed by atoms with Gasteiger partial charge in [0.1, 0.15) is 5.69 Å². The molecule has 0 radical (unpaired) electrons. The number of hydrogen-bond donors (Lipinski definition) is 0. The van der Waals surface area contributed by atoms with Crippen molar-refractivity contribution in [2.24, 2.45) is 11.0 Å².